The summed E-state index contributed by atoms with van der Waals surface area (Å²) >= 11 is 0. The van der Waals surface area contributed by atoms with Crippen LogP contribution in [0.25, 0.3) is 0 Å². The van der Waals surface area contributed by atoms with Crippen molar-refractivity contribution in [3.05, 3.63) is 70.8 Å². The fourth-order valence-electron chi connectivity index (χ4n) is 4.81. The average molecular weight is 432 g/mol. The van der Waals surface area contributed by atoms with Crippen LogP contribution < -0.4 is 16.0 Å². The summed E-state index contributed by atoms with van der Waals surface area (Å²) < 4.78 is 0. The van der Waals surface area contributed by atoms with Crippen LogP contribution in [-0.2, 0) is 16.1 Å². The summed E-state index contributed by atoms with van der Waals surface area (Å²) in [6, 6.07) is 15.0. The van der Waals surface area contributed by atoms with Crippen molar-refractivity contribution in [3.8, 4) is 0 Å². The molecule has 3 N–H and O–H groups in total. The Kier molecular flexibility index (Phi) is 5.32. The second-order valence-corrected chi connectivity index (χ2v) is 8.45. The number of nitrogens with one attached hydrogen (secondary N) is 3. The summed E-state index contributed by atoms with van der Waals surface area (Å²) in [7, 11) is 0. The van der Waals surface area contributed by atoms with E-state index in [4.69, 9.17) is 0 Å². The molecule has 0 radical (unpaired) electrons. The summed E-state index contributed by atoms with van der Waals surface area (Å²) in [6.45, 7) is 1.48. The average Bonchev–Trinajstić information content (AvgIpc) is 3.36. The Morgan fingerprint density at radius 1 is 0.938 bits per heavy atom. The van der Waals surface area contributed by atoms with Crippen LogP contribution in [0, 0.1) is 0 Å². The van der Waals surface area contributed by atoms with Crippen molar-refractivity contribution < 1.29 is 19.2 Å². The Balaban J connectivity index is 1.30. The van der Waals surface area contributed by atoms with Gasteiger partial charge >= 0.3 is 0 Å². The third-order valence-electron chi connectivity index (χ3n) is 6.45. The lowest BCUT2D eigenvalue weighted by Crippen LogP contribution is -2.54. The van der Waals surface area contributed by atoms with Crippen molar-refractivity contribution in [2.45, 2.75) is 43.9 Å². The lowest BCUT2D eigenvalue weighted by molar-refractivity contribution is -0.136. The van der Waals surface area contributed by atoms with Crippen molar-refractivity contribution in [1.29, 1.82) is 0 Å². The molecule has 164 valence electrons. The van der Waals surface area contributed by atoms with Crippen LogP contribution in [0.5, 0.6) is 0 Å². The lowest BCUT2D eigenvalue weighted by Gasteiger charge is -2.27. The van der Waals surface area contributed by atoms with Gasteiger partial charge in [0.1, 0.15) is 6.04 Å². The van der Waals surface area contributed by atoms with E-state index >= 15 is 0 Å². The van der Waals surface area contributed by atoms with Gasteiger partial charge in [0.2, 0.25) is 11.8 Å². The summed E-state index contributed by atoms with van der Waals surface area (Å²) in [5.41, 5.74) is 2.74. The third kappa shape index (κ3) is 3.61. The topological polar surface area (TPSA) is 108 Å². The number of nitrogens with zero attached hydrogens (tertiary/aromatic N) is 1. The highest BCUT2D eigenvalue weighted by Crippen LogP contribution is 2.29. The van der Waals surface area contributed by atoms with Crippen LogP contribution in [0.2, 0.25) is 0 Å². The molecule has 2 saturated heterocycles. The molecular formula is C24H24N4O4. The summed E-state index contributed by atoms with van der Waals surface area (Å²) in [5, 5.41) is 9.32. The van der Waals surface area contributed by atoms with Gasteiger partial charge in [-0.1, -0.05) is 36.4 Å². The molecule has 3 aliphatic heterocycles. The van der Waals surface area contributed by atoms with Crippen LogP contribution in [-0.4, -0.2) is 47.2 Å². The van der Waals surface area contributed by atoms with E-state index < -0.39 is 23.8 Å². The molecule has 0 bridgehead atoms. The molecule has 3 unspecified atom stereocenters. The van der Waals surface area contributed by atoms with E-state index in [0.717, 1.165) is 23.4 Å². The first kappa shape index (κ1) is 20.5. The van der Waals surface area contributed by atoms with Gasteiger partial charge in [-0.15, -0.1) is 0 Å². The second-order valence-electron chi connectivity index (χ2n) is 8.45. The van der Waals surface area contributed by atoms with E-state index in [-0.39, 0.29) is 30.8 Å². The molecule has 3 atom stereocenters. The van der Waals surface area contributed by atoms with E-state index in [1.807, 2.05) is 24.3 Å². The highest BCUT2D eigenvalue weighted by Gasteiger charge is 2.44. The number of benzene rings is 2. The number of imide groups is 2. The largest absolute Gasteiger partial charge is 0.309 e. The number of hydrogen-bond acceptors (Lipinski definition) is 6. The van der Waals surface area contributed by atoms with E-state index in [1.165, 1.54) is 5.56 Å². The Hall–Kier alpha value is -3.36. The van der Waals surface area contributed by atoms with Crippen molar-refractivity contribution in [3.63, 3.8) is 0 Å². The van der Waals surface area contributed by atoms with Gasteiger partial charge in [0.25, 0.3) is 11.8 Å². The monoisotopic (exact) mass is 432 g/mol. The number of amides is 4. The van der Waals surface area contributed by atoms with Gasteiger partial charge in [0, 0.05) is 25.0 Å². The Morgan fingerprint density at radius 3 is 2.50 bits per heavy atom. The predicted molar refractivity (Wildman–Crippen MR) is 116 cm³/mol. The molecule has 2 aromatic carbocycles. The maximum Gasteiger partial charge on any atom is 0.262 e. The number of fused-ring (bicyclic) bond motifs is 1. The maximum absolute atomic E-state index is 13.0. The van der Waals surface area contributed by atoms with Gasteiger partial charge in [0.15, 0.2) is 0 Å². The quantitative estimate of drug-likeness (QED) is 0.615. The minimum Gasteiger partial charge on any atom is -0.309 e. The molecule has 5 rings (SSSR count). The maximum atomic E-state index is 13.0. The fraction of sp³-hybridized carbons (Fsp3) is 0.333. The van der Waals surface area contributed by atoms with Crippen molar-refractivity contribution >= 4 is 23.6 Å². The zero-order chi connectivity index (χ0) is 22.2. The van der Waals surface area contributed by atoms with Crippen LogP contribution in [0.1, 0.15) is 57.1 Å². The molecule has 3 heterocycles. The van der Waals surface area contributed by atoms with Gasteiger partial charge in [-0.25, -0.2) is 0 Å². The fourth-order valence-corrected chi connectivity index (χ4v) is 4.81. The molecule has 4 amide bonds. The Bertz CT molecular complexity index is 1100. The number of carbonyl (C=O) groups excluding carboxylic acids is 4. The number of carbonyl (C=O) groups is 4. The van der Waals surface area contributed by atoms with Gasteiger partial charge < -0.3 is 10.6 Å². The first-order valence-electron chi connectivity index (χ1n) is 10.9. The zero-order valence-electron chi connectivity index (χ0n) is 17.5. The smallest absolute Gasteiger partial charge is 0.262 e. The first-order valence-corrected chi connectivity index (χ1v) is 10.9. The molecule has 0 spiro atoms. The van der Waals surface area contributed by atoms with E-state index in [9.17, 15) is 19.2 Å². The highest BCUT2D eigenvalue weighted by atomic mass is 16.2. The molecule has 3 aliphatic rings. The second kappa shape index (κ2) is 8.29. The first-order chi connectivity index (χ1) is 15.5. The molecule has 8 heteroatoms. The van der Waals surface area contributed by atoms with E-state index in [2.05, 4.69) is 28.1 Å². The summed E-state index contributed by atoms with van der Waals surface area (Å²) in [5.74, 6) is -1.95. The molecule has 0 aromatic heterocycles. The predicted octanol–water partition coefficient (Wildman–Crippen LogP) is 1.28. The van der Waals surface area contributed by atoms with Crippen LogP contribution in [0.15, 0.2) is 48.5 Å². The normalized spacial score (nSPS) is 25.2. The van der Waals surface area contributed by atoms with Gasteiger partial charge in [-0.2, -0.15) is 0 Å². The van der Waals surface area contributed by atoms with Crippen LogP contribution in [0.4, 0.5) is 0 Å². The van der Waals surface area contributed by atoms with Crippen molar-refractivity contribution in [1.82, 2.24) is 20.9 Å². The van der Waals surface area contributed by atoms with Crippen molar-refractivity contribution in [2.75, 3.05) is 6.54 Å². The molecule has 0 aliphatic carbocycles. The lowest BCUT2D eigenvalue weighted by atomic mass is 10.00. The van der Waals surface area contributed by atoms with Gasteiger partial charge in [0.05, 0.1) is 11.1 Å². The summed E-state index contributed by atoms with van der Waals surface area (Å²) in [6.07, 6.45) is 1.25. The molecule has 0 saturated carbocycles. The van der Waals surface area contributed by atoms with E-state index in [1.54, 1.807) is 12.1 Å². The number of piperidine rings is 1. The minimum absolute atomic E-state index is 0.108. The minimum atomic E-state index is -0.946. The molecule has 2 aromatic rings. The number of hydrogen-bond donors (Lipinski definition) is 3. The molecular weight excluding hydrogens is 408 g/mol. The van der Waals surface area contributed by atoms with Gasteiger partial charge in [-0.3, -0.25) is 29.4 Å². The number of rotatable bonds is 5. The zero-order valence-corrected chi connectivity index (χ0v) is 17.5. The summed E-state index contributed by atoms with van der Waals surface area (Å²) in [4.78, 5) is 50.4. The highest BCUT2D eigenvalue weighted by molar-refractivity contribution is 6.23. The standard InChI is InChI=1S/C24H24N4O4/c29-20-9-8-19(22(30)27-20)28-23(31)16-7-6-14(12-17(16)24(28)32)13-26-18-10-11-25-21(18)15-4-2-1-3-5-15/h1-7,12,18-19,21,25-26H,8-11,13H2,(H,27,29,30). The van der Waals surface area contributed by atoms with E-state index in [0.29, 0.717) is 17.7 Å². The molecule has 32 heavy (non-hydrogen) atoms. The van der Waals surface area contributed by atoms with Gasteiger partial charge in [-0.05, 0) is 42.6 Å². The molecule has 8 nitrogen and oxygen atoms in total. The Morgan fingerprint density at radius 2 is 1.72 bits per heavy atom. The third-order valence-corrected chi connectivity index (χ3v) is 6.45. The van der Waals surface area contributed by atoms with Crippen LogP contribution >= 0.6 is 0 Å². The SMILES string of the molecule is O=C1CCC(N2C(=O)c3ccc(CNC4CCNC4c4ccccc4)cc3C2=O)C(=O)N1. The van der Waals surface area contributed by atoms with Crippen LogP contribution in [0.3, 0.4) is 0 Å². The van der Waals surface area contributed by atoms with Crippen molar-refractivity contribution in [2.24, 2.45) is 0 Å². The molecule has 2 fully saturated rings. The Labute approximate surface area is 185 Å².